The van der Waals surface area contributed by atoms with Crippen LogP contribution in [0.2, 0.25) is 0 Å². The normalized spacial score (nSPS) is 16.0. The molecule has 0 N–H and O–H groups in total. The van der Waals surface area contributed by atoms with Crippen molar-refractivity contribution in [1.82, 2.24) is 0 Å². The summed E-state index contributed by atoms with van der Waals surface area (Å²) in [6.07, 6.45) is 5.37. The van der Waals surface area contributed by atoms with E-state index < -0.39 is 0 Å². The molecule has 0 saturated carbocycles. The molecule has 12 heavy (non-hydrogen) atoms. The van der Waals surface area contributed by atoms with E-state index in [1.54, 1.807) is 0 Å². The maximum atomic E-state index is 3.61. The molecule has 74 valence electrons. The smallest absolute Gasteiger partial charge is 0.00626 e. The van der Waals surface area contributed by atoms with Gasteiger partial charge in [0.1, 0.15) is 0 Å². The second-order valence-corrected chi connectivity index (χ2v) is 4.67. The van der Waals surface area contributed by atoms with E-state index in [1.165, 1.54) is 25.7 Å². The number of unbranched alkanes of at least 4 members (excludes halogenated alkanes) is 1. The molecule has 0 aromatic carbocycles. The Bertz CT molecular complexity index is 89.8. The third-order valence-corrected chi connectivity index (χ3v) is 4.18. The van der Waals surface area contributed by atoms with Crippen molar-refractivity contribution >= 4 is 31.9 Å². The van der Waals surface area contributed by atoms with Gasteiger partial charge < -0.3 is 0 Å². The molecule has 0 aromatic rings. The highest BCUT2D eigenvalue weighted by Crippen LogP contribution is 2.25. The highest BCUT2D eigenvalue weighted by Gasteiger charge is 2.16. The van der Waals surface area contributed by atoms with Gasteiger partial charge in [-0.2, -0.15) is 0 Å². The van der Waals surface area contributed by atoms with E-state index in [-0.39, 0.29) is 0 Å². The number of alkyl halides is 2. The van der Waals surface area contributed by atoms with Gasteiger partial charge in [0, 0.05) is 10.7 Å². The summed E-state index contributed by atoms with van der Waals surface area (Å²) in [4.78, 5) is 0. The molecule has 0 amide bonds. The first kappa shape index (κ1) is 13.0. The fourth-order valence-corrected chi connectivity index (χ4v) is 3.31. The van der Waals surface area contributed by atoms with Crippen LogP contribution in [-0.2, 0) is 0 Å². The van der Waals surface area contributed by atoms with E-state index in [4.69, 9.17) is 0 Å². The number of rotatable bonds is 7. The molecule has 0 radical (unpaired) electrons. The lowest BCUT2D eigenvalue weighted by molar-refractivity contribution is 0.361. The molecule has 0 aliphatic heterocycles. The van der Waals surface area contributed by atoms with Crippen molar-refractivity contribution in [1.29, 1.82) is 0 Å². The summed E-state index contributed by atoms with van der Waals surface area (Å²) in [5.41, 5.74) is 0. The largest absolute Gasteiger partial charge is 0.0925 e. The van der Waals surface area contributed by atoms with Crippen molar-refractivity contribution in [2.45, 2.75) is 39.5 Å². The Morgan fingerprint density at radius 1 is 1.00 bits per heavy atom. The zero-order valence-corrected chi connectivity index (χ0v) is 11.3. The average Bonchev–Trinajstić information content (AvgIpc) is 2.12. The van der Waals surface area contributed by atoms with Crippen LogP contribution in [-0.4, -0.2) is 10.7 Å². The molecule has 0 heterocycles. The van der Waals surface area contributed by atoms with Gasteiger partial charge in [0.25, 0.3) is 0 Å². The molecule has 0 spiro atoms. The minimum atomic E-state index is 0.857. The van der Waals surface area contributed by atoms with Gasteiger partial charge in [-0.25, -0.2) is 0 Å². The first-order chi connectivity index (χ1) is 5.79. The van der Waals surface area contributed by atoms with Crippen molar-refractivity contribution in [3.05, 3.63) is 0 Å². The summed E-state index contributed by atoms with van der Waals surface area (Å²) < 4.78 is 0. The van der Waals surface area contributed by atoms with E-state index in [0.29, 0.717) is 0 Å². The fourth-order valence-electron chi connectivity index (χ4n) is 1.47. The molecule has 0 saturated heterocycles. The van der Waals surface area contributed by atoms with Crippen molar-refractivity contribution < 1.29 is 0 Å². The first-order valence-electron chi connectivity index (χ1n) is 4.92. The third kappa shape index (κ3) is 4.86. The summed E-state index contributed by atoms with van der Waals surface area (Å²) in [7, 11) is 0. The van der Waals surface area contributed by atoms with Crippen molar-refractivity contribution in [2.24, 2.45) is 11.8 Å². The molecular formula is C10H20Br2. The summed E-state index contributed by atoms with van der Waals surface area (Å²) in [5.74, 6) is 1.73. The van der Waals surface area contributed by atoms with Crippen LogP contribution in [0.3, 0.4) is 0 Å². The summed E-state index contributed by atoms with van der Waals surface area (Å²) in [6, 6.07) is 0. The standard InChI is InChI=1S/C10H20Br2/c1-3-5-6-10(8-12)9(4-2)7-11/h9-10H,3-8H2,1-2H3. The number of halogens is 2. The quantitative estimate of drug-likeness (QED) is 0.602. The molecule has 0 nitrogen and oxygen atoms in total. The lowest BCUT2D eigenvalue weighted by atomic mass is 9.89. The number of hydrogen-bond acceptors (Lipinski definition) is 0. The average molecular weight is 300 g/mol. The Labute approximate surface area is 93.8 Å². The monoisotopic (exact) mass is 298 g/mol. The van der Waals surface area contributed by atoms with E-state index in [0.717, 1.165) is 22.5 Å². The zero-order valence-electron chi connectivity index (χ0n) is 8.15. The second-order valence-electron chi connectivity index (χ2n) is 3.38. The van der Waals surface area contributed by atoms with Gasteiger partial charge in [-0.05, 0) is 18.3 Å². The van der Waals surface area contributed by atoms with Gasteiger partial charge in [-0.1, -0.05) is 65.0 Å². The number of hydrogen-bond donors (Lipinski definition) is 0. The summed E-state index contributed by atoms with van der Waals surface area (Å²) in [5, 5.41) is 2.32. The predicted molar refractivity (Wildman–Crippen MR) is 64.4 cm³/mol. The van der Waals surface area contributed by atoms with Gasteiger partial charge in [-0.15, -0.1) is 0 Å². The molecule has 0 bridgehead atoms. The van der Waals surface area contributed by atoms with Crippen LogP contribution in [0.4, 0.5) is 0 Å². The Balaban J connectivity index is 3.75. The Morgan fingerprint density at radius 3 is 1.92 bits per heavy atom. The highest BCUT2D eigenvalue weighted by atomic mass is 79.9. The topological polar surface area (TPSA) is 0 Å². The second kappa shape index (κ2) is 8.55. The van der Waals surface area contributed by atoms with Crippen LogP contribution in [0.25, 0.3) is 0 Å². The Hall–Kier alpha value is 0.960. The van der Waals surface area contributed by atoms with E-state index >= 15 is 0 Å². The van der Waals surface area contributed by atoms with Crippen molar-refractivity contribution in [2.75, 3.05) is 10.7 Å². The van der Waals surface area contributed by atoms with Crippen LogP contribution >= 0.6 is 31.9 Å². The van der Waals surface area contributed by atoms with Crippen LogP contribution in [0, 0.1) is 11.8 Å². The molecule has 2 unspecified atom stereocenters. The first-order valence-corrected chi connectivity index (χ1v) is 7.16. The molecule has 0 fully saturated rings. The van der Waals surface area contributed by atoms with Crippen LogP contribution < -0.4 is 0 Å². The van der Waals surface area contributed by atoms with E-state index in [9.17, 15) is 0 Å². The maximum absolute atomic E-state index is 3.61. The van der Waals surface area contributed by atoms with Gasteiger partial charge in [0.2, 0.25) is 0 Å². The van der Waals surface area contributed by atoms with Gasteiger partial charge >= 0.3 is 0 Å². The van der Waals surface area contributed by atoms with Crippen LogP contribution in [0.15, 0.2) is 0 Å². The molecule has 0 aliphatic rings. The van der Waals surface area contributed by atoms with Crippen molar-refractivity contribution in [3.63, 3.8) is 0 Å². The minimum absolute atomic E-state index is 0.857. The molecule has 0 rings (SSSR count). The van der Waals surface area contributed by atoms with Crippen LogP contribution in [0.1, 0.15) is 39.5 Å². The molecule has 0 aromatic heterocycles. The highest BCUT2D eigenvalue weighted by molar-refractivity contribution is 9.09. The SMILES string of the molecule is CCCCC(CBr)C(CC)CBr. The minimum Gasteiger partial charge on any atom is -0.0925 e. The Kier molecular flexibility index (Phi) is 9.24. The third-order valence-electron chi connectivity index (χ3n) is 2.52. The molecule has 0 aliphatic carbocycles. The lowest BCUT2D eigenvalue weighted by Gasteiger charge is -2.22. The van der Waals surface area contributed by atoms with Gasteiger partial charge in [0.05, 0.1) is 0 Å². The maximum Gasteiger partial charge on any atom is 0.00626 e. The predicted octanol–water partition coefficient (Wildman–Crippen LogP) is 4.61. The van der Waals surface area contributed by atoms with E-state index in [1.807, 2.05) is 0 Å². The Morgan fingerprint density at radius 2 is 1.58 bits per heavy atom. The van der Waals surface area contributed by atoms with E-state index in [2.05, 4.69) is 45.7 Å². The van der Waals surface area contributed by atoms with Crippen molar-refractivity contribution in [3.8, 4) is 0 Å². The zero-order chi connectivity index (χ0) is 9.40. The lowest BCUT2D eigenvalue weighted by Crippen LogP contribution is -2.16. The summed E-state index contributed by atoms with van der Waals surface area (Å²) in [6.45, 7) is 4.55. The molecule has 2 heteroatoms. The summed E-state index contributed by atoms with van der Waals surface area (Å²) >= 11 is 7.20. The molecular weight excluding hydrogens is 280 g/mol. The fraction of sp³-hybridized carbons (Fsp3) is 1.00. The van der Waals surface area contributed by atoms with Gasteiger partial charge in [0.15, 0.2) is 0 Å². The van der Waals surface area contributed by atoms with Gasteiger partial charge in [-0.3, -0.25) is 0 Å². The van der Waals surface area contributed by atoms with Crippen LogP contribution in [0.5, 0.6) is 0 Å². The molecule has 2 atom stereocenters.